The van der Waals surface area contributed by atoms with Crippen molar-refractivity contribution in [3.05, 3.63) is 11.2 Å². The van der Waals surface area contributed by atoms with Gasteiger partial charge in [0, 0.05) is 19.6 Å². The molecule has 1 N–H and O–H groups in total. The highest BCUT2D eigenvalue weighted by molar-refractivity contribution is 7.91. The second-order valence-corrected chi connectivity index (χ2v) is 7.10. The van der Waals surface area contributed by atoms with Gasteiger partial charge in [-0.25, -0.2) is 13.4 Å². The van der Waals surface area contributed by atoms with E-state index in [2.05, 4.69) is 15.3 Å². The van der Waals surface area contributed by atoms with Gasteiger partial charge in [0.1, 0.15) is 5.02 Å². The van der Waals surface area contributed by atoms with Gasteiger partial charge >= 0.3 is 0 Å². The molecule has 0 unspecified atom stereocenters. The predicted molar refractivity (Wildman–Crippen MR) is 76.7 cm³/mol. The second kappa shape index (κ2) is 5.92. The van der Waals surface area contributed by atoms with E-state index in [1.807, 2.05) is 11.8 Å². The molecule has 0 radical (unpaired) electrons. The van der Waals surface area contributed by atoms with Crippen molar-refractivity contribution in [3.63, 3.8) is 0 Å². The van der Waals surface area contributed by atoms with Crippen LogP contribution in [0.1, 0.15) is 13.3 Å². The molecule has 1 aromatic heterocycles. The SMILES string of the molecule is CCNc1ncc(Cl)c(N2CCCS(=O)(=O)CC2)n1. The van der Waals surface area contributed by atoms with Crippen molar-refractivity contribution < 1.29 is 8.42 Å². The minimum absolute atomic E-state index is 0.143. The quantitative estimate of drug-likeness (QED) is 0.904. The Balaban J connectivity index is 2.23. The molecule has 0 amide bonds. The highest BCUT2D eigenvalue weighted by atomic mass is 35.5. The van der Waals surface area contributed by atoms with Crippen molar-refractivity contribution in [2.24, 2.45) is 0 Å². The maximum atomic E-state index is 11.6. The van der Waals surface area contributed by atoms with Crippen molar-refractivity contribution in [1.29, 1.82) is 0 Å². The van der Waals surface area contributed by atoms with Gasteiger partial charge in [-0.05, 0) is 13.3 Å². The van der Waals surface area contributed by atoms with Crippen LogP contribution in [0.5, 0.6) is 0 Å². The summed E-state index contributed by atoms with van der Waals surface area (Å²) in [5.74, 6) is 1.48. The zero-order valence-electron chi connectivity index (χ0n) is 10.8. The molecule has 106 valence electrons. The number of aromatic nitrogens is 2. The van der Waals surface area contributed by atoms with Gasteiger partial charge in [0.05, 0.1) is 17.7 Å². The Morgan fingerprint density at radius 1 is 1.42 bits per heavy atom. The third kappa shape index (κ3) is 3.70. The van der Waals surface area contributed by atoms with Gasteiger partial charge < -0.3 is 10.2 Å². The van der Waals surface area contributed by atoms with Crippen LogP contribution >= 0.6 is 11.6 Å². The van der Waals surface area contributed by atoms with Gasteiger partial charge in [0.25, 0.3) is 0 Å². The molecule has 1 fully saturated rings. The molecule has 0 spiro atoms. The fourth-order valence-corrected chi connectivity index (χ4v) is 3.46. The van der Waals surface area contributed by atoms with Crippen LogP contribution in [0, 0.1) is 0 Å². The lowest BCUT2D eigenvalue weighted by molar-refractivity contribution is 0.597. The topological polar surface area (TPSA) is 75.2 Å². The summed E-state index contributed by atoms with van der Waals surface area (Å²) in [5, 5.41) is 3.47. The minimum atomic E-state index is -2.94. The van der Waals surface area contributed by atoms with Gasteiger partial charge in [0.15, 0.2) is 15.7 Å². The summed E-state index contributed by atoms with van der Waals surface area (Å²) in [7, 11) is -2.94. The van der Waals surface area contributed by atoms with Crippen molar-refractivity contribution >= 4 is 33.2 Å². The van der Waals surface area contributed by atoms with E-state index in [1.165, 1.54) is 0 Å². The maximum Gasteiger partial charge on any atom is 0.224 e. The fourth-order valence-electron chi connectivity index (χ4n) is 1.97. The Labute approximate surface area is 118 Å². The first-order chi connectivity index (χ1) is 9.02. The molecule has 1 aliphatic heterocycles. The number of hydrogen-bond acceptors (Lipinski definition) is 6. The van der Waals surface area contributed by atoms with Crippen molar-refractivity contribution in [1.82, 2.24) is 9.97 Å². The second-order valence-electron chi connectivity index (χ2n) is 4.39. The molecule has 0 saturated carbocycles. The summed E-state index contributed by atoms with van der Waals surface area (Å²) in [6.45, 7) is 3.73. The van der Waals surface area contributed by atoms with E-state index in [1.54, 1.807) is 6.20 Å². The van der Waals surface area contributed by atoms with Gasteiger partial charge in [-0.2, -0.15) is 4.98 Å². The first-order valence-corrected chi connectivity index (χ1v) is 8.43. The van der Waals surface area contributed by atoms with Crippen molar-refractivity contribution in [3.8, 4) is 0 Å². The van der Waals surface area contributed by atoms with Crippen LogP contribution in [0.15, 0.2) is 6.20 Å². The molecule has 1 aromatic rings. The summed E-state index contributed by atoms with van der Waals surface area (Å²) >= 11 is 6.11. The lowest BCUT2D eigenvalue weighted by Gasteiger charge is -2.22. The molecule has 6 nitrogen and oxygen atoms in total. The molecule has 2 heterocycles. The van der Waals surface area contributed by atoms with Crippen LogP contribution < -0.4 is 10.2 Å². The zero-order valence-corrected chi connectivity index (χ0v) is 12.3. The van der Waals surface area contributed by atoms with Gasteiger partial charge in [-0.1, -0.05) is 11.6 Å². The third-order valence-electron chi connectivity index (χ3n) is 2.92. The first kappa shape index (κ1) is 14.3. The predicted octanol–water partition coefficient (Wildman–Crippen LogP) is 1.19. The minimum Gasteiger partial charge on any atom is -0.354 e. The summed E-state index contributed by atoms with van der Waals surface area (Å²) in [4.78, 5) is 10.3. The van der Waals surface area contributed by atoms with E-state index in [4.69, 9.17) is 11.6 Å². The molecular weight excluding hydrogens is 288 g/mol. The number of rotatable bonds is 3. The zero-order chi connectivity index (χ0) is 13.9. The summed E-state index contributed by atoms with van der Waals surface area (Å²) in [5.41, 5.74) is 0. The standard InChI is InChI=1S/C11H17ClN4O2S/c1-2-13-11-14-8-9(12)10(15-11)16-4-3-6-19(17,18)7-5-16/h8H,2-7H2,1H3,(H,13,14,15). The molecule has 19 heavy (non-hydrogen) atoms. The van der Waals surface area contributed by atoms with E-state index in [0.717, 1.165) is 6.54 Å². The van der Waals surface area contributed by atoms with E-state index >= 15 is 0 Å². The summed E-state index contributed by atoms with van der Waals surface area (Å²) < 4.78 is 23.2. The smallest absolute Gasteiger partial charge is 0.224 e. The fraction of sp³-hybridized carbons (Fsp3) is 0.636. The van der Waals surface area contributed by atoms with Crippen LogP contribution in [0.4, 0.5) is 11.8 Å². The molecule has 0 aromatic carbocycles. The number of sulfone groups is 1. The number of nitrogens with one attached hydrogen (secondary N) is 1. The monoisotopic (exact) mass is 304 g/mol. The first-order valence-electron chi connectivity index (χ1n) is 6.23. The van der Waals surface area contributed by atoms with E-state index in [9.17, 15) is 8.42 Å². The molecule has 1 aliphatic rings. The number of nitrogens with zero attached hydrogens (tertiary/aromatic N) is 3. The lowest BCUT2D eigenvalue weighted by Crippen LogP contribution is -2.28. The van der Waals surface area contributed by atoms with Gasteiger partial charge in [0.2, 0.25) is 5.95 Å². The van der Waals surface area contributed by atoms with Crippen LogP contribution in [0.2, 0.25) is 5.02 Å². The average molecular weight is 305 g/mol. The maximum absolute atomic E-state index is 11.6. The largest absolute Gasteiger partial charge is 0.354 e. The molecular formula is C11H17ClN4O2S. The molecule has 0 bridgehead atoms. The Hall–Kier alpha value is -1.08. The van der Waals surface area contributed by atoms with Crippen LogP contribution in [0.25, 0.3) is 0 Å². The van der Waals surface area contributed by atoms with E-state index in [-0.39, 0.29) is 11.5 Å². The Kier molecular flexibility index (Phi) is 4.46. The van der Waals surface area contributed by atoms with E-state index < -0.39 is 9.84 Å². The van der Waals surface area contributed by atoms with E-state index in [0.29, 0.717) is 36.3 Å². The molecule has 0 aliphatic carbocycles. The Morgan fingerprint density at radius 3 is 2.95 bits per heavy atom. The number of hydrogen-bond donors (Lipinski definition) is 1. The molecule has 2 rings (SSSR count). The Bertz CT molecular complexity index is 550. The number of halogens is 1. The Morgan fingerprint density at radius 2 is 2.21 bits per heavy atom. The van der Waals surface area contributed by atoms with Gasteiger partial charge in [-0.15, -0.1) is 0 Å². The summed E-state index contributed by atoms with van der Waals surface area (Å²) in [6, 6.07) is 0. The lowest BCUT2D eigenvalue weighted by atomic mass is 10.4. The highest BCUT2D eigenvalue weighted by Gasteiger charge is 2.22. The summed E-state index contributed by atoms with van der Waals surface area (Å²) in [6.07, 6.45) is 2.14. The third-order valence-corrected chi connectivity index (χ3v) is 4.90. The highest BCUT2D eigenvalue weighted by Crippen LogP contribution is 2.25. The van der Waals surface area contributed by atoms with Crippen LogP contribution in [-0.2, 0) is 9.84 Å². The molecule has 8 heteroatoms. The van der Waals surface area contributed by atoms with Gasteiger partial charge in [-0.3, -0.25) is 0 Å². The van der Waals surface area contributed by atoms with Crippen molar-refractivity contribution in [2.45, 2.75) is 13.3 Å². The molecule has 1 saturated heterocycles. The van der Waals surface area contributed by atoms with Crippen LogP contribution in [0.3, 0.4) is 0 Å². The molecule has 0 atom stereocenters. The number of anilines is 2. The van der Waals surface area contributed by atoms with Crippen LogP contribution in [-0.4, -0.2) is 49.5 Å². The van der Waals surface area contributed by atoms with Crippen molar-refractivity contribution in [2.75, 3.05) is 41.4 Å². The normalized spacial score (nSPS) is 18.9. The average Bonchev–Trinajstić information content (AvgIpc) is 2.53.